The number of aromatic nitrogens is 3. The summed E-state index contributed by atoms with van der Waals surface area (Å²) in [6, 6.07) is 9.44. The van der Waals surface area contributed by atoms with Crippen LogP contribution in [0.3, 0.4) is 0 Å². The fourth-order valence-electron chi connectivity index (χ4n) is 1.71. The molecule has 3 rings (SSSR count). The van der Waals surface area contributed by atoms with E-state index >= 15 is 0 Å². The van der Waals surface area contributed by atoms with Gasteiger partial charge in [-0.25, -0.2) is 9.67 Å². The molecule has 0 saturated heterocycles. The van der Waals surface area contributed by atoms with Gasteiger partial charge in [0.25, 0.3) is 0 Å². The zero-order valence-electron chi connectivity index (χ0n) is 9.65. The van der Waals surface area contributed by atoms with Crippen LogP contribution in [-0.4, -0.2) is 21.1 Å². The minimum Gasteiger partial charge on any atom is -0.298 e. The minimum atomic E-state index is 0.556. The Bertz CT molecular complexity index is 721. The second-order valence-electron chi connectivity index (χ2n) is 3.79. The molecule has 0 saturated carbocycles. The predicted octanol–water partition coefficient (Wildman–Crippen LogP) is 3.57. The summed E-state index contributed by atoms with van der Waals surface area (Å²) < 4.78 is 2.62. The zero-order valence-corrected chi connectivity index (χ0v) is 12.1. The summed E-state index contributed by atoms with van der Waals surface area (Å²) >= 11 is 4.95. The molecular weight excluding hydrogens is 326 g/mol. The number of rotatable bonds is 3. The second-order valence-corrected chi connectivity index (χ2v) is 6.25. The molecule has 0 aliphatic rings. The summed E-state index contributed by atoms with van der Waals surface area (Å²) in [5.41, 5.74) is 1.23. The summed E-state index contributed by atoms with van der Waals surface area (Å²) in [5, 5.41) is 4.45. The fourth-order valence-corrected chi connectivity index (χ4v) is 3.11. The number of halogens is 1. The second kappa shape index (κ2) is 5.07. The molecule has 0 amide bonds. The highest BCUT2D eigenvalue weighted by Gasteiger charge is 2.13. The Morgan fingerprint density at radius 1 is 1.26 bits per heavy atom. The molecule has 0 fully saturated rings. The number of pyridine rings is 1. The average Bonchev–Trinajstić information content (AvgIpc) is 3.05. The Labute approximate surface area is 121 Å². The van der Waals surface area contributed by atoms with Crippen molar-refractivity contribution < 1.29 is 4.79 Å². The van der Waals surface area contributed by atoms with Gasteiger partial charge in [0.15, 0.2) is 12.1 Å². The molecule has 6 heteroatoms. The van der Waals surface area contributed by atoms with Crippen LogP contribution in [0.15, 0.2) is 46.5 Å². The lowest BCUT2D eigenvalue weighted by Gasteiger charge is -1.97. The fraction of sp³-hybridized carbons (Fsp3) is 0. The quantitative estimate of drug-likeness (QED) is 0.688. The van der Waals surface area contributed by atoms with E-state index in [2.05, 4.69) is 26.0 Å². The molecule has 0 aliphatic heterocycles. The first-order valence-electron chi connectivity index (χ1n) is 5.50. The van der Waals surface area contributed by atoms with Gasteiger partial charge in [-0.3, -0.25) is 4.79 Å². The largest absolute Gasteiger partial charge is 0.298 e. The maximum absolute atomic E-state index is 11.2. The summed E-state index contributed by atoms with van der Waals surface area (Å²) in [4.78, 5) is 16.3. The normalized spacial score (nSPS) is 10.6. The first kappa shape index (κ1) is 12.3. The topological polar surface area (TPSA) is 47.8 Å². The highest BCUT2D eigenvalue weighted by molar-refractivity contribution is 9.11. The third-order valence-electron chi connectivity index (χ3n) is 2.56. The van der Waals surface area contributed by atoms with E-state index < -0.39 is 0 Å². The van der Waals surface area contributed by atoms with Crippen LogP contribution in [0.1, 0.15) is 10.4 Å². The lowest BCUT2D eigenvalue weighted by atomic mass is 10.2. The molecule has 0 bridgehead atoms. The van der Waals surface area contributed by atoms with Crippen molar-refractivity contribution in [1.82, 2.24) is 14.8 Å². The Morgan fingerprint density at radius 3 is 2.79 bits per heavy atom. The standard InChI is InChI=1S/C13H8BrN3OS/c14-11-5-4-10(19-11)13-9(8-18)7-17(16-13)12-3-1-2-6-15-12/h1-8H. The molecule has 0 spiro atoms. The van der Waals surface area contributed by atoms with Crippen LogP contribution in [-0.2, 0) is 0 Å². The van der Waals surface area contributed by atoms with E-state index in [-0.39, 0.29) is 0 Å². The molecule has 4 nitrogen and oxygen atoms in total. The molecule has 0 atom stereocenters. The molecule has 19 heavy (non-hydrogen) atoms. The Kier molecular flexibility index (Phi) is 3.27. The van der Waals surface area contributed by atoms with E-state index in [1.807, 2.05) is 30.3 Å². The van der Waals surface area contributed by atoms with Gasteiger partial charge in [0.05, 0.1) is 14.2 Å². The number of hydrogen-bond donors (Lipinski definition) is 0. The van der Waals surface area contributed by atoms with E-state index in [1.54, 1.807) is 28.4 Å². The molecule has 0 aromatic carbocycles. The van der Waals surface area contributed by atoms with Crippen LogP contribution < -0.4 is 0 Å². The highest BCUT2D eigenvalue weighted by atomic mass is 79.9. The molecule has 0 radical (unpaired) electrons. The van der Waals surface area contributed by atoms with Crippen LogP contribution in [0.25, 0.3) is 16.4 Å². The summed E-state index contributed by atoms with van der Waals surface area (Å²) in [6.07, 6.45) is 4.20. The van der Waals surface area contributed by atoms with Gasteiger partial charge in [-0.05, 0) is 40.2 Å². The number of aldehydes is 1. The van der Waals surface area contributed by atoms with Gasteiger partial charge in [0.2, 0.25) is 0 Å². The maximum atomic E-state index is 11.2. The van der Waals surface area contributed by atoms with E-state index in [4.69, 9.17) is 0 Å². The van der Waals surface area contributed by atoms with Crippen LogP contribution in [0.4, 0.5) is 0 Å². The van der Waals surface area contributed by atoms with Gasteiger partial charge >= 0.3 is 0 Å². The smallest absolute Gasteiger partial charge is 0.153 e. The van der Waals surface area contributed by atoms with Crippen molar-refractivity contribution >= 4 is 33.6 Å². The first-order chi connectivity index (χ1) is 9.28. The molecule has 0 unspecified atom stereocenters. The van der Waals surface area contributed by atoms with Crippen LogP contribution in [0, 0.1) is 0 Å². The minimum absolute atomic E-state index is 0.556. The number of carbonyl (C=O) groups excluding carboxylic acids is 1. The van der Waals surface area contributed by atoms with E-state index in [1.165, 1.54) is 0 Å². The predicted molar refractivity (Wildman–Crippen MR) is 77.8 cm³/mol. The Balaban J connectivity index is 2.11. The van der Waals surface area contributed by atoms with Gasteiger partial charge in [0, 0.05) is 12.4 Å². The van der Waals surface area contributed by atoms with Crippen molar-refractivity contribution in [2.45, 2.75) is 0 Å². The third-order valence-corrected chi connectivity index (χ3v) is 4.19. The van der Waals surface area contributed by atoms with Crippen molar-refractivity contribution in [3.8, 4) is 16.4 Å². The summed E-state index contributed by atoms with van der Waals surface area (Å²) in [7, 11) is 0. The lowest BCUT2D eigenvalue weighted by Crippen LogP contribution is -1.96. The number of thiophene rings is 1. The van der Waals surface area contributed by atoms with Crippen molar-refractivity contribution in [2.24, 2.45) is 0 Å². The summed E-state index contributed by atoms with van der Waals surface area (Å²) in [5.74, 6) is 0.687. The molecule has 3 heterocycles. The van der Waals surface area contributed by atoms with E-state index in [0.717, 1.165) is 14.9 Å². The summed E-state index contributed by atoms with van der Waals surface area (Å²) in [6.45, 7) is 0. The number of nitrogens with zero attached hydrogens (tertiary/aromatic N) is 3. The lowest BCUT2D eigenvalue weighted by molar-refractivity contribution is 0.112. The van der Waals surface area contributed by atoms with E-state index in [0.29, 0.717) is 17.1 Å². The third kappa shape index (κ3) is 2.36. The molecule has 0 N–H and O–H groups in total. The van der Waals surface area contributed by atoms with E-state index in [9.17, 15) is 4.79 Å². The monoisotopic (exact) mass is 333 g/mol. The van der Waals surface area contributed by atoms with Crippen molar-refractivity contribution in [2.75, 3.05) is 0 Å². The molecule has 94 valence electrons. The van der Waals surface area contributed by atoms with Crippen LogP contribution in [0.2, 0.25) is 0 Å². The number of hydrogen-bond acceptors (Lipinski definition) is 4. The van der Waals surface area contributed by atoms with Crippen molar-refractivity contribution in [3.63, 3.8) is 0 Å². The van der Waals surface area contributed by atoms with Gasteiger partial charge < -0.3 is 0 Å². The van der Waals surface area contributed by atoms with Crippen molar-refractivity contribution in [1.29, 1.82) is 0 Å². The zero-order chi connectivity index (χ0) is 13.2. The molecule has 3 aromatic heterocycles. The van der Waals surface area contributed by atoms with Crippen LogP contribution >= 0.6 is 27.3 Å². The van der Waals surface area contributed by atoms with Gasteiger partial charge in [-0.2, -0.15) is 5.10 Å². The van der Waals surface area contributed by atoms with Crippen LogP contribution in [0.5, 0.6) is 0 Å². The number of carbonyl (C=O) groups is 1. The Morgan fingerprint density at radius 2 is 2.16 bits per heavy atom. The van der Waals surface area contributed by atoms with Gasteiger partial charge in [-0.15, -0.1) is 11.3 Å². The first-order valence-corrected chi connectivity index (χ1v) is 7.11. The molecule has 3 aromatic rings. The SMILES string of the molecule is O=Cc1cn(-c2ccccn2)nc1-c1ccc(Br)s1. The Hall–Kier alpha value is -1.79. The van der Waals surface area contributed by atoms with Crippen molar-refractivity contribution in [3.05, 3.63) is 52.1 Å². The van der Waals surface area contributed by atoms with Gasteiger partial charge in [-0.1, -0.05) is 6.07 Å². The molecular formula is C13H8BrN3OS. The van der Waals surface area contributed by atoms with Gasteiger partial charge in [0.1, 0.15) is 5.69 Å². The average molecular weight is 334 g/mol. The maximum Gasteiger partial charge on any atom is 0.153 e. The highest BCUT2D eigenvalue weighted by Crippen LogP contribution is 2.32. The molecule has 0 aliphatic carbocycles.